The molecule has 0 amide bonds. The Morgan fingerprint density at radius 1 is 0.789 bits per heavy atom. The van der Waals surface area contributed by atoms with Crippen LogP contribution in [0.2, 0.25) is 0 Å². The van der Waals surface area contributed by atoms with E-state index in [0.29, 0.717) is 0 Å². The van der Waals surface area contributed by atoms with E-state index in [1.54, 1.807) is 0 Å². The standard InChI is InChI=1S/C16H35NO.H2O/c1-4-6-7-8-9-10-11-12-13-14-15-17-16(3,18)5-2;/h17-18H,4-15H2,1-3H3;1H2. The molecule has 0 aromatic carbocycles. The molecule has 0 aliphatic carbocycles. The van der Waals surface area contributed by atoms with Crippen LogP contribution in [-0.4, -0.2) is 22.9 Å². The average molecular weight is 275 g/mol. The Bertz CT molecular complexity index is 172. The highest BCUT2D eigenvalue weighted by atomic mass is 16.3. The molecule has 19 heavy (non-hydrogen) atoms. The minimum absolute atomic E-state index is 0. The lowest BCUT2D eigenvalue weighted by atomic mass is 10.1. The highest BCUT2D eigenvalue weighted by Crippen LogP contribution is 2.10. The number of hydrogen-bond donors (Lipinski definition) is 2. The molecule has 4 N–H and O–H groups in total. The maximum absolute atomic E-state index is 9.81. The van der Waals surface area contributed by atoms with Gasteiger partial charge in [0.15, 0.2) is 5.72 Å². The van der Waals surface area contributed by atoms with Gasteiger partial charge in [-0.25, -0.2) is 0 Å². The molecule has 0 aliphatic heterocycles. The Hall–Kier alpha value is -0.120. The van der Waals surface area contributed by atoms with Crippen LogP contribution in [-0.2, 0) is 0 Å². The lowest BCUT2D eigenvalue weighted by molar-refractivity contribution is -0.764. The zero-order valence-corrected chi connectivity index (χ0v) is 13.5. The number of unbranched alkanes of at least 4 members (excludes halogenated alkanes) is 9. The summed E-state index contributed by atoms with van der Waals surface area (Å²) in [5, 5.41) is 11.9. The quantitative estimate of drug-likeness (QED) is 0.399. The molecule has 0 aromatic heterocycles. The molecule has 0 saturated carbocycles. The van der Waals surface area contributed by atoms with Crippen molar-refractivity contribution in [2.75, 3.05) is 6.54 Å². The molecule has 0 bridgehead atoms. The summed E-state index contributed by atoms with van der Waals surface area (Å²) >= 11 is 0. The van der Waals surface area contributed by atoms with E-state index in [0.717, 1.165) is 13.0 Å². The Morgan fingerprint density at radius 3 is 1.63 bits per heavy atom. The molecule has 1 atom stereocenters. The summed E-state index contributed by atoms with van der Waals surface area (Å²) < 4.78 is 0. The number of quaternary nitrogens is 1. The Balaban J connectivity index is 0. The van der Waals surface area contributed by atoms with Gasteiger partial charge in [0.1, 0.15) is 0 Å². The van der Waals surface area contributed by atoms with Crippen LogP contribution in [0.5, 0.6) is 0 Å². The lowest BCUT2D eigenvalue weighted by Gasteiger charge is -2.18. The Morgan fingerprint density at radius 2 is 1.21 bits per heavy atom. The summed E-state index contributed by atoms with van der Waals surface area (Å²) in [7, 11) is 0. The van der Waals surface area contributed by atoms with Crippen LogP contribution in [0.25, 0.3) is 0 Å². The first-order chi connectivity index (χ1) is 8.62. The predicted octanol–water partition coefficient (Wildman–Crippen LogP) is 3.41. The van der Waals surface area contributed by atoms with Crippen LogP contribution in [0.15, 0.2) is 0 Å². The third kappa shape index (κ3) is 15.8. The van der Waals surface area contributed by atoms with Crippen molar-refractivity contribution in [2.45, 2.75) is 97.1 Å². The molecule has 0 saturated heterocycles. The fourth-order valence-corrected chi connectivity index (χ4v) is 2.19. The second-order valence-corrected chi connectivity index (χ2v) is 5.89. The number of aliphatic hydroxyl groups is 1. The second-order valence-electron chi connectivity index (χ2n) is 5.89. The van der Waals surface area contributed by atoms with E-state index in [1.165, 1.54) is 64.2 Å². The van der Waals surface area contributed by atoms with Crippen molar-refractivity contribution in [3.05, 3.63) is 0 Å². The van der Waals surface area contributed by atoms with Crippen molar-refractivity contribution in [1.29, 1.82) is 0 Å². The summed E-state index contributed by atoms with van der Waals surface area (Å²) in [6.45, 7) is 7.28. The normalized spacial score (nSPS) is 13.9. The van der Waals surface area contributed by atoms with Gasteiger partial charge >= 0.3 is 0 Å². The molecule has 0 heterocycles. The maximum Gasteiger partial charge on any atom is 0.194 e. The molecule has 0 spiro atoms. The van der Waals surface area contributed by atoms with E-state index in [-0.39, 0.29) is 5.48 Å². The van der Waals surface area contributed by atoms with Gasteiger partial charge in [0.25, 0.3) is 0 Å². The van der Waals surface area contributed by atoms with Crippen molar-refractivity contribution in [2.24, 2.45) is 0 Å². The highest BCUT2D eigenvalue weighted by molar-refractivity contribution is 4.50. The monoisotopic (exact) mass is 275 g/mol. The largest absolute Gasteiger partial charge is 0.870 e. The molecule has 0 aliphatic rings. The van der Waals surface area contributed by atoms with E-state index in [1.807, 2.05) is 13.8 Å². The van der Waals surface area contributed by atoms with Gasteiger partial charge in [0.2, 0.25) is 0 Å². The molecule has 1 unspecified atom stereocenters. The van der Waals surface area contributed by atoms with Crippen LogP contribution in [0.1, 0.15) is 91.4 Å². The molecular formula is C16H37NO2. The summed E-state index contributed by atoms with van der Waals surface area (Å²) in [6, 6.07) is 0. The molecule has 3 nitrogen and oxygen atoms in total. The molecule has 0 rings (SSSR count). The van der Waals surface area contributed by atoms with Crippen molar-refractivity contribution < 1.29 is 15.9 Å². The summed E-state index contributed by atoms with van der Waals surface area (Å²) in [6.07, 6.45) is 14.6. The van der Waals surface area contributed by atoms with Gasteiger partial charge in [0.05, 0.1) is 6.54 Å². The highest BCUT2D eigenvalue weighted by Gasteiger charge is 2.19. The van der Waals surface area contributed by atoms with Crippen LogP contribution in [0, 0.1) is 0 Å². The smallest absolute Gasteiger partial charge is 0.194 e. The van der Waals surface area contributed by atoms with Crippen molar-refractivity contribution in [1.82, 2.24) is 0 Å². The molecule has 3 heteroatoms. The molecule has 0 fully saturated rings. The van der Waals surface area contributed by atoms with Gasteiger partial charge in [-0.15, -0.1) is 0 Å². The van der Waals surface area contributed by atoms with Crippen molar-refractivity contribution in [3.63, 3.8) is 0 Å². The van der Waals surface area contributed by atoms with Gasteiger partial charge in [0, 0.05) is 13.3 Å². The molecule has 0 aromatic rings. The van der Waals surface area contributed by atoms with Gasteiger partial charge in [-0.3, -0.25) is 0 Å². The predicted molar refractivity (Wildman–Crippen MR) is 81.5 cm³/mol. The van der Waals surface area contributed by atoms with Gasteiger partial charge in [-0.1, -0.05) is 65.2 Å². The van der Waals surface area contributed by atoms with Crippen LogP contribution < -0.4 is 5.32 Å². The third-order valence-corrected chi connectivity index (χ3v) is 3.86. The topological polar surface area (TPSA) is 66.8 Å². The fraction of sp³-hybridized carbons (Fsp3) is 1.00. The van der Waals surface area contributed by atoms with Gasteiger partial charge < -0.3 is 15.9 Å². The first-order valence-corrected chi connectivity index (χ1v) is 8.19. The van der Waals surface area contributed by atoms with E-state index >= 15 is 0 Å². The maximum atomic E-state index is 9.81. The zero-order chi connectivity index (χ0) is 13.7. The van der Waals surface area contributed by atoms with E-state index < -0.39 is 5.72 Å². The number of hydrogen-bond acceptors (Lipinski definition) is 2. The van der Waals surface area contributed by atoms with Crippen LogP contribution in [0.4, 0.5) is 0 Å². The SMILES string of the molecule is CCCCCCCCCCCC[NH2+]C(C)(O)CC.[OH-]. The van der Waals surface area contributed by atoms with E-state index in [9.17, 15) is 5.11 Å². The van der Waals surface area contributed by atoms with Crippen LogP contribution in [0.3, 0.4) is 0 Å². The molecular weight excluding hydrogens is 238 g/mol. The summed E-state index contributed by atoms with van der Waals surface area (Å²) in [5.74, 6) is 0. The fourth-order valence-electron chi connectivity index (χ4n) is 2.19. The molecule has 118 valence electrons. The Kier molecular flexibility index (Phi) is 15.9. The second kappa shape index (κ2) is 14.3. The minimum atomic E-state index is -0.542. The lowest BCUT2D eigenvalue weighted by Crippen LogP contribution is -2.96. The summed E-state index contributed by atoms with van der Waals surface area (Å²) in [4.78, 5) is 0. The Labute approximate surface area is 120 Å². The number of rotatable bonds is 13. The average Bonchev–Trinajstić information content (AvgIpc) is 2.36. The minimum Gasteiger partial charge on any atom is -0.870 e. The molecule has 0 radical (unpaired) electrons. The van der Waals surface area contributed by atoms with Crippen molar-refractivity contribution >= 4 is 0 Å². The zero-order valence-electron chi connectivity index (χ0n) is 13.5. The van der Waals surface area contributed by atoms with E-state index in [2.05, 4.69) is 12.2 Å². The summed E-state index contributed by atoms with van der Waals surface area (Å²) in [5.41, 5.74) is -0.542. The van der Waals surface area contributed by atoms with Crippen molar-refractivity contribution in [3.8, 4) is 0 Å². The van der Waals surface area contributed by atoms with Crippen LogP contribution >= 0.6 is 0 Å². The van der Waals surface area contributed by atoms with Gasteiger partial charge in [-0.2, -0.15) is 0 Å². The van der Waals surface area contributed by atoms with Gasteiger partial charge in [-0.05, 0) is 12.8 Å². The first kappa shape index (κ1) is 21.2. The number of nitrogens with two attached hydrogens (primary N) is 1. The first-order valence-electron chi connectivity index (χ1n) is 8.19. The third-order valence-electron chi connectivity index (χ3n) is 3.86. The van der Waals surface area contributed by atoms with E-state index in [4.69, 9.17) is 0 Å².